The van der Waals surface area contributed by atoms with Crippen molar-refractivity contribution in [2.24, 2.45) is 5.92 Å². The number of nitrogens with zero attached hydrogens (tertiary/aromatic N) is 5. The Balaban J connectivity index is 1.47. The number of thiazole rings is 1. The Labute approximate surface area is 121 Å². The first-order valence-electron chi connectivity index (χ1n) is 6.80. The van der Waals surface area contributed by atoms with Gasteiger partial charge in [-0.05, 0) is 18.8 Å². The van der Waals surface area contributed by atoms with Crippen LogP contribution in [0, 0.1) is 5.92 Å². The molecule has 1 aliphatic rings. The molecule has 106 valence electrons. The second kappa shape index (κ2) is 6.13. The van der Waals surface area contributed by atoms with Crippen molar-refractivity contribution in [2.45, 2.75) is 25.8 Å². The van der Waals surface area contributed by atoms with E-state index in [4.69, 9.17) is 0 Å². The van der Waals surface area contributed by atoms with Crippen LogP contribution in [0.3, 0.4) is 0 Å². The molecule has 0 saturated carbocycles. The van der Waals surface area contributed by atoms with Crippen LogP contribution in [0.2, 0.25) is 0 Å². The highest BCUT2D eigenvalue weighted by Crippen LogP contribution is 2.20. The van der Waals surface area contributed by atoms with E-state index in [0.29, 0.717) is 12.3 Å². The Morgan fingerprint density at radius 2 is 2.25 bits per heavy atom. The molecule has 2 aromatic rings. The summed E-state index contributed by atoms with van der Waals surface area (Å²) < 4.78 is 1.87. The number of amides is 1. The van der Waals surface area contributed by atoms with Crippen LogP contribution >= 0.6 is 11.3 Å². The Morgan fingerprint density at radius 1 is 1.40 bits per heavy atom. The summed E-state index contributed by atoms with van der Waals surface area (Å²) in [5.41, 5.74) is 1.77. The smallest absolute Gasteiger partial charge is 0.227 e. The molecule has 1 amide bonds. The topological polar surface area (TPSA) is 63.9 Å². The molecule has 0 radical (unpaired) electrons. The minimum Gasteiger partial charge on any atom is -0.342 e. The predicted octanol–water partition coefficient (Wildman–Crippen LogP) is 1.22. The molecule has 0 N–H and O–H groups in total. The first-order chi connectivity index (χ1) is 9.81. The number of carbonyl (C=O) groups is 1. The maximum atomic E-state index is 12.2. The first kappa shape index (κ1) is 13.2. The van der Waals surface area contributed by atoms with Gasteiger partial charge in [-0.1, -0.05) is 5.21 Å². The number of hydrogen-bond donors (Lipinski definition) is 0. The van der Waals surface area contributed by atoms with E-state index in [2.05, 4.69) is 15.3 Å². The third-order valence-corrected chi connectivity index (χ3v) is 4.47. The van der Waals surface area contributed by atoms with Gasteiger partial charge in [0.15, 0.2) is 0 Å². The van der Waals surface area contributed by atoms with Gasteiger partial charge in [0.2, 0.25) is 5.91 Å². The van der Waals surface area contributed by atoms with Crippen LogP contribution in [0.25, 0.3) is 0 Å². The van der Waals surface area contributed by atoms with E-state index < -0.39 is 0 Å². The highest BCUT2D eigenvalue weighted by Gasteiger charge is 2.23. The molecule has 0 spiro atoms. The van der Waals surface area contributed by atoms with Crippen molar-refractivity contribution in [2.75, 3.05) is 13.1 Å². The van der Waals surface area contributed by atoms with Gasteiger partial charge in [0.05, 0.1) is 18.1 Å². The van der Waals surface area contributed by atoms with Crippen molar-refractivity contribution < 1.29 is 4.79 Å². The molecule has 6 nitrogen and oxygen atoms in total. The normalized spacial score (nSPS) is 16.5. The third-order valence-electron chi connectivity index (χ3n) is 3.69. The van der Waals surface area contributed by atoms with Crippen molar-refractivity contribution >= 4 is 17.2 Å². The Bertz CT molecular complexity index is 531. The third kappa shape index (κ3) is 3.22. The van der Waals surface area contributed by atoms with Crippen LogP contribution in [0.5, 0.6) is 0 Å². The lowest BCUT2D eigenvalue weighted by molar-refractivity contribution is -0.131. The largest absolute Gasteiger partial charge is 0.342 e. The number of aromatic nitrogens is 4. The lowest BCUT2D eigenvalue weighted by Gasteiger charge is -2.31. The van der Waals surface area contributed by atoms with Crippen LogP contribution in [0.15, 0.2) is 24.1 Å². The lowest BCUT2D eigenvalue weighted by Crippen LogP contribution is -2.40. The summed E-state index contributed by atoms with van der Waals surface area (Å²) in [6.45, 7) is 2.59. The van der Waals surface area contributed by atoms with Crippen LogP contribution in [0.1, 0.15) is 17.7 Å². The van der Waals surface area contributed by atoms with E-state index in [9.17, 15) is 4.79 Å². The van der Waals surface area contributed by atoms with Crippen molar-refractivity contribution in [3.63, 3.8) is 0 Å². The summed E-state index contributed by atoms with van der Waals surface area (Å²) in [5.74, 6) is 0.803. The fourth-order valence-corrected chi connectivity index (χ4v) is 3.14. The van der Waals surface area contributed by atoms with Gasteiger partial charge >= 0.3 is 0 Å². The highest BCUT2D eigenvalue weighted by atomic mass is 32.1. The van der Waals surface area contributed by atoms with Gasteiger partial charge in [-0.15, -0.1) is 16.4 Å². The van der Waals surface area contributed by atoms with Gasteiger partial charge in [0.25, 0.3) is 0 Å². The van der Waals surface area contributed by atoms with Crippen LogP contribution in [-0.4, -0.2) is 43.9 Å². The molecule has 3 heterocycles. The molecular formula is C13H17N5OS. The van der Waals surface area contributed by atoms with E-state index in [0.717, 1.165) is 37.4 Å². The van der Waals surface area contributed by atoms with E-state index in [-0.39, 0.29) is 5.91 Å². The monoisotopic (exact) mass is 291 g/mol. The molecule has 1 saturated heterocycles. The quantitative estimate of drug-likeness (QED) is 0.849. The van der Waals surface area contributed by atoms with Gasteiger partial charge < -0.3 is 4.90 Å². The molecule has 0 atom stereocenters. The van der Waals surface area contributed by atoms with Crippen molar-refractivity contribution in [3.8, 4) is 0 Å². The number of rotatable bonds is 4. The zero-order valence-corrected chi connectivity index (χ0v) is 12.0. The average Bonchev–Trinajstić information content (AvgIpc) is 3.13. The second-order valence-electron chi connectivity index (χ2n) is 5.09. The predicted molar refractivity (Wildman–Crippen MR) is 75.1 cm³/mol. The second-order valence-corrected chi connectivity index (χ2v) is 6.06. The summed E-state index contributed by atoms with van der Waals surface area (Å²) in [5, 5.41) is 7.81. The zero-order valence-electron chi connectivity index (χ0n) is 11.2. The maximum Gasteiger partial charge on any atom is 0.227 e. The SMILES string of the molecule is O=C(Cc1cncs1)N1CCC(Cn2ccnn2)CC1. The van der Waals surface area contributed by atoms with E-state index in [1.54, 1.807) is 29.2 Å². The van der Waals surface area contributed by atoms with Gasteiger partial charge in [0.1, 0.15) is 0 Å². The molecule has 7 heteroatoms. The number of likely N-dealkylation sites (tertiary alicyclic amines) is 1. The van der Waals surface area contributed by atoms with Gasteiger partial charge in [-0.3, -0.25) is 14.5 Å². The number of carbonyl (C=O) groups excluding carboxylic acids is 1. The van der Waals surface area contributed by atoms with Crippen LogP contribution in [-0.2, 0) is 17.8 Å². The summed E-state index contributed by atoms with van der Waals surface area (Å²) in [6.07, 6.45) is 7.93. The molecular weight excluding hydrogens is 274 g/mol. The zero-order chi connectivity index (χ0) is 13.8. The fraction of sp³-hybridized carbons (Fsp3) is 0.538. The van der Waals surface area contributed by atoms with Crippen molar-refractivity contribution in [1.82, 2.24) is 24.9 Å². The van der Waals surface area contributed by atoms with E-state index in [1.807, 2.05) is 15.8 Å². The summed E-state index contributed by atoms with van der Waals surface area (Å²) >= 11 is 1.54. The number of piperidine rings is 1. The van der Waals surface area contributed by atoms with Gasteiger partial charge in [0, 0.05) is 36.9 Å². The van der Waals surface area contributed by atoms with Gasteiger partial charge in [-0.2, -0.15) is 0 Å². The maximum absolute atomic E-state index is 12.2. The Morgan fingerprint density at radius 3 is 2.90 bits per heavy atom. The molecule has 0 bridgehead atoms. The highest BCUT2D eigenvalue weighted by molar-refractivity contribution is 7.09. The molecule has 2 aromatic heterocycles. The van der Waals surface area contributed by atoms with Gasteiger partial charge in [-0.25, -0.2) is 0 Å². The standard InChI is InChI=1S/C13H17N5OS/c19-13(7-12-8-14-10-20-12)17-4-1-11(2-5-17)9-18-6-3-15-16-18/h3,6,8,10-11H,1-2,4-5,7,9H2. The molecule has 0 unspecified atom stereocenters. The summed E-state index contributed by atoms with van der Waals surface area (Å²) in [6, 6.07) is 0. The molecule has 1 aliphatic heterocycles. The van der Waals surface area contributed by atoms with E-state index in [1.165, 1.54) is 0 Å². The summed E-state index contributed by atoms with van der Waals surface area (Å²) in [7, 11) is 0. The first-order valence-corrected chi connectivity index (χ1v) is 7.68. The molecule has 0 aromatic carbocycles. The molecule has 1 fully saturated rings. The minimum absolute atomic E-state index is 0.216. The molecule has 3 rings (SSSR count). The van der Waals surface area contributed by atoms with Crippen molar-refractivity contribution in [1.29, 1.82) is 0 Å². The Hall–Kier alpha value is -1.76. The summed E-state index contributed by atoms with van der Waals surface area (Å²) in [4.78, 5) is 19.2. The van der Waals surface area contributed by atoms with Crippen LogP contribution < -0.4 is 0 Å². The number of hydrogen-bond acceptors (Lipinski definition) is 5. The average molecular weight is 291 g/mol. The van der Waals surface area contributed by atoms with E-state index >= 15 is 0 Å². The molecule has 20 heavy (non-hydrogen) atoms. The van der Waals surface area contributed by atoms with Crippen molar-refractivity contribution in [3.05, 3.63) is 29.0 Å². The molecule has 0 aliphatic carbocycles. The lowest BCUT2D eigenvalue weighted by atomic mass is 9.96. The fourth-order valence-electron chi connectivity index (χ4n) is 2.55. The minimum atomic E-state index is 0.216. The van der Waals surface area contributed by atoms with Crippen LogP contribution in [0.4, 0.5) is 0 Å². The Kier molecular flexibility index (Phi) is 4.05.